The van der Waals surface area contributed by atoms with Gasteiger partial charge in [0.2, 0.25) is 0 Å². The maximum atomic E-state index is 9.09. The van der Waals surface area contributed by atoms with Crippen molar-refractivity contribution in [2.24, 2.45) is 0 Å². The van der Waals surface area contributed by atoms with Crippen LogP contribution in [0.5, 0.6) is 0 Å². The number of aliphatic hydroxyl groups is 4. The lowest BCUT2D eigenvalue weighted by atomic mass is 10.3. The predicted octanol–water partition coefficient (Wildman–Crippen LogP) is -1.62. The molecule has 0 unspecified atom stereocenters. The van der Waals surface area contributed by atoms with Gasteiger partial charge >= 0.3 is 11.8 Å². The van der Waals surface area contributed by atoms with Crippen molar-refractivity contribution < 1.29 is 24.9 Å². The standard InChI is InChI=1S/C6H16NO4/c1-5(8,9)7(3,4)6(2,10)11/h8-11H,1-4H3/q+1. The zero-order chi connectivity index (χ0) is 9.50. The molecule has 0 heterocycles. The smallest absolute Gasteiger partial charge is 0.314 e. The fourth-order valence-electron chi connectivity index (χ4n) is 0.401. The molecule has 0 saturated heterocycles. The van der Waals surface area contributed by atoms with Crippen LogP contribution in [0.25, 0.3) is 0 Å². The highest BCUT2D eigenvalue weighted by Crippen LogP contribution is 2.23. The molecule has 0 radical (unpaired) electrons. The van der Waals surface area contributed by atoms with E-state index in [1.807, 2.05) is 0 Å². The molecule has 0 aromatic heterocycles. The summed E-state index contributed by atoms with van der Waals surface area (Å²) >= 11 is 0. The van der Waals surface area contributed by atoms with Crippen LogP contribution in [0.2, 0.25) is 0 Å². The van der Waals surface area contributed by atoms with Gasteiger partial charge in [-0.3, -0.25) is 0 Å². The highest BCUT2D eigenvalue weighted by molar-refractivity contribution is 4.46. The molecule has 0 aromatic rings. The highest BCUT2D eigenvalue weighted by atomic mass is 16.6. The zero-order valence-corrected chi connectivity index (χ0v) is 7.24. The summed E-state index contributed by atoms with van der Waals surface area (Å²) in [7, 11) is 2.58. The number of rotatable bonds is 2. The number of quaternary nitrogens is 1. The van der Waals surface area contributed by atoms with Crippen LogP contribution < -0.4 is 0 Å². The van der Waals surface area contributed by atoms with Crippen molar-refractivity contribution >= 4 is 0 Å². The van der Waals surface area contributed by atoms with Crippen LogP contribution in [0.3, 0.4) is 0 Å². The van der Waals surface area contributed by atoms with Crippen LogP contribution in [0.15, 0.2) is 0 Å². The first-order chi connectivity index (χ1) is 4.50. The number of nitrogens with zero attached hydrogens (tertiary/aromatic N) is 1. The quantitative estimate of drug-likeness (QED) is 0.293. The minimum atomic E-state index is -2.18. The summed E-state index contributed by atoms with van der Waals surface area (Å²) in [6.45, 7) is 2.16. The van der Waals surface area contributed by atoms with Crippen LogP contribution in [-0.4, -0.2) is 50.8 Å². The van der Waals surface area contributed by atoms with E-state index in [1.165, 1.54) is 14.1 Å². The molecule has 68 valence electrons. The van der Waals surface area contributed by atoms with Gasteiger partial charge in [-0.1, -0.05) is 0 Å². The van der Waals surface area contributed by atoms with E-state index in [1.54, 1.807) is 0 Å². The van der Waals surface area contributed by atoms with E-state index in [0.717, 1.165) is 13.8 Å². The molecule has 0 aliphatic heterocycles. The van der Waals surface area contributed by atoms with Crippen LogP contribution in [0.1, 0.15) is 13.8 Å². The van der Waals surface area contributed by atoms with E-state index in [0.29, 0.717) is 0 Å². The maximum absolute atomic E-state index is 9.09. The van der Waals surface area contributed by atoms with Crippen molar-refractivity contribution in [2.75, 3.05) is 14.1 Å². The van der Waals surface area contributed by atoms with Crippen LogP contribution >= 0.6 is 0 Å². The Labute approximate surface area is 65.7 Å². The monoisotopic (exact) mass is 166 g/mol. The molecule has 0 atom stereocenters. The Balaban J connectivity index is 4.75. The van der Waals surface area contributed by atoms with Gasteiger partial charge < -0.3 is 20.4 Å². The summed E-state index contributed by atoms with van der Waals surface area (Å²) in [5.74, 6) is -4.36. The van der Waals surface area contributed by atoms with Crippen molar-refractivity contribution in [3.8, 4) is 0 Å². The molecule has 0 rings (SSSR count). The van der Waals surface area contributed by atoms with Crippen LogP contribution in [0, 0.1) is 0 Å². The topological polar surface area (TPSA) is 80.9 Å². The fraction of sp³-hybridized carbons (Fsp3) is 1.00. The molecule has 11 heavy (non-hydrogen) atoms. The number of hydrogen-bond acceptors (Lipinski definition) is 4. The summed E-state index contributed by atoms with van der Waals surface area (Å²) < 4.78 is -0.736. The van der Waals surface area contributed by atoms with E-state index in [4.69, 9.17) is 20.4 Å². The molecule has 5 heteroatoms. The van der Waals surface area contributed by atoms with Gasteiger partial charge in [-0.25, -0.2) is 4.48 Å². The molecule has 0 aliphatic rings. The Morgan fingerprint density at radius 2 is 1.00 bits per heavy atom. The van der Waals surface area contributed by atoms with Crippen molar-refractivity contribution in [3.05, 3.63) is 0 Å². The van der Waals surface area contributed by atoms with Crippen LogP contribution in [-0.2, 0) is 0 Å². The summed E-state index contributed by atoms with van der Waals surface area (Å²) in [6, 6.07) is 0. The Hall–Kier alpha value is -0.200. The summed E-state index contributed by atoms with van der Waals surface area (Å²) in [4.78, 5) is 0. The summed E-state index contributed by atoms with van der Waals surface area (Å²) in [6.07, 6.45) is 0. The second-order valence-corrected chi connectivity index (χ2v) is 3.40. The largest absolute Gasteiger partial charge is 0.319 e. The van der Waals surface area contributed by atoms with Gasteiger partial charge in [0.05, 0.1) is 14.1 Å². The second-order valence-electron chi connectivity index (χ2n) is 3.40. The summed E-state index contributed by atoms with van der Waals surface area (Å²) in [5, 5.41) is 36.4. The van der Waals surface area contributed by atoms with Gasteiger partial charge in [0, 0.05) is 13.8 Å². The van der Waals surface area contributed by atoms with E-state index in [2.05, 4.69) is 0 Å². The van der Waals surface area contributed by atoms with E-state index in [-0.39, 0.29) is 0 Å². The Morgan fingerprint density at radius 3 is 1.00 bits per heavy atom. The van der Waals surface area contributed by atoms with Crippen molar-refractivity contribution in [1.82, 2.24) is 0 Å². The van der Waals surface area contributed by atoms with Gasteiger partial charge in [-0.15, -0.1) is 0 Å². The van der Waals surface area contributed by atoms with Gasteiger partial charge in [0.25, 0.3) is 0 Å². The molecule has 0 spiro atoms. The second kappa shape index (κ2) is 2.40. The first-order valence-corrected chi connectivity index (χ1v) is 3.24. The lowest BCUT2D eigenvalue weighted by Crippen LogP contribution is -2.69. The van der Waals surface area contributed by atoms with Gasteiger partial charge in [-0.2, -0.15) is 0 Å². The van der Waals surface area contributed by atoms with Gasteiger partial charge in [-0.05, 0) is 0 Å². The molecule has 0 fully saturated rings. The average Bonchev–Trinajstić information content (AvgIpc) is 1.58. The normalized spacial score (nSPS) is 15.3. The third-order valence-electron chi connectivity index (χ3n) is 2.12. The lowest BCUT2D eigenvalue weighted by Gasteiger charge is -2.44. The van der Waals surface area contributed by atoms with E-state index >= 15 is 0 Å². The Bertz CT molecular complexity index is 126. The SMILES string of the molecule is CC(O)(O)[N+](C)(C)C(C)(O)O. The first kappa shape index (κ1) is 10.8. The maximum Gasteiger partial charge on any atom is 0.314 e. The molecule has 0 amide bonds. The molecule has 0 aliphatic carbocycles. The first-order valence-electron chi connectivity index (χ1n) is 3.24. The molecule has 0 aromatic carbocycles. The van der Waals surface area contributed by atoms with Crippen molar-refractivity contribution in [3.63, 3.8) is 0 Å². The van der Waals surface area contributed by atoms with Crippen LogP contribution in [0.4, 0.5) is 0 Å². The Morgan fingerprint density at radius 1 is 0.818 bits per heavy atom. The molecule has 4 N–H and O–H groups in total. The molecule has 5 nitrogen and oxygen atoms in total. The molecular weight excluding hydrogens is 150 g/mol. The van der Waals surface area contributed by atoms with E-state index in [9.17, 15) is 0 Å². The fourth-order valence-corrected chi connectivity index (χ4v) is 0.401. The molecule has 0 saturated carbocycles. The number of hydrogen-bond donors (Lipinski definition) is 4. The van der Waals surface area contributed by atoms with Crippen molar-refractivity contribution in [2.45, 2.75) is 25.7 Å². The average molecular weight is 166 g/mol. The van der Waals surface area contributed by atoms with Gasteiger partial charge in [0.1, 0.15) is 0 Å². The molecule has 0 bridgehead atoms. The highest BCUT2D eigenvalue weighted by Gasteiger charge is 2.50. The third-order valence-corrected chi connectivity index (χ3v) is 2.12. The molecular formula is C6H16NO4+. The van der Waals surface area contributed by atoms with Gasteiger partial charge in [0.15, 0.2) is 0 Å². The van der Waals surface area contributed by atoms with Crippen molar-refractivity contribution in [1.29, 1.82) is 0 Å². The third kappa shape index (κ3) is 1.88. The lowest BCUT2D eigenvalue weighted by molar-refractivity contribution is -1.07. The minimum absolute atomic E-state index is 0.736. The van der Waals surface area contributed by atoms with E-state index < -0.39 is 16.3 Å². The zero-order valence-electron chi connectivity index (χ0n) is 7.24. The summed E-state index contributed by atoms with van der Waals surface area (Å²) in [5.41, 5.74) is 0. The Kier molecular flexibility index (Phi) is 2.35. The minimum Gasteiger partial charge on any atom is -0.319 e. The predicted molar refractivity (Wildman–Crippen MR) is 37.8 cm³/mol.